The highest BCUT2D eigenvalue weighted by atomic mass is 127. The van der Waals surface area contributed by atoms with Crippen molar-refractivity contribution in [3.63, 3.8) is 0 Å². The number of carbonyl (C=O) groups is 1. The standard InChI is InChI=1S/C25H34N4O.HI/c1-3-4-15-26-25(27-17-21-9-7-20(2)8-10-21)28-18-22-11-13-23(14-12-22)19-29-16-5-6-24(29)30;/h7-14H,3-6,15-19H2,1-2H3,(H2,26,27,28);1H. The summed E-state index contributed by atoms with van der Waals surface area (Å²) in [4.78, 5) is 18.5. The van der Waals surface area contributed by atoms with E-state index in [1.807, 2.05) is 4.90 Å². The maximum atomic E-state index is 11.8. The minimum atomic E-state index is 0. The van der Waals surface area contributed by atoms with Crippen molar-refractivity contribution in [2.24, 2.45) is 4.99 Å². The van der Waals surface area contributed by atoms with Gasteiger partial charge in [0.1, 0.15) is 0 Å². The molecule has 1 fully saturated rings. The third-order valence-electron chi connectivity index (χ3n) is 5.39. The van der Waals surface area contributed by atoms with Crippen molar-refractivity contribution < 1.29 is 4.79 Å². The number of hydrogen-bond donors (Lipinski definition) is 2. The summed E-state index contributed by atoms with van der Waals surface area (Å²) in [5.74, 6) is 1.11. The Balaban J connectivity index is 0.00000341. The molecule has 3 rings (SSSR count). The molecule has 0 bridgehead atoms. The Bertz CT molecular complexity index is 834. The summed E-state index contributed by atoms with van der Waals surface area (Å²) in [5.41, 5.74) is 4.85. The lowest BCUT2D eigenvalue weighted by molar-refractivity contribution is -0.128. The lowest BCUT2D eigenvalue weighted by Crippen LogP contribution is -2.37. The van der Waals surface area contributed by atoms with Crippen molar-refractivity contribution in [2.75, 3.05) is 13.1 Å². The van der Waals surface area contributed by atoms with E-state index in [4.69, 9.17) is 4.99 Å². The smallest absolute Gasteiger partial charge is 0.222 e. The molecule has 6 heteroatoms. The highest BCUT2D eigenvalue weighted by Gasteiger charge is 2.19. The summed E-state index contributed by atoms with van der Waals surface area (Å²) in [5, 5.41) is 6.88. The van der Waals surface area contributed by atoms with Crippen LogP contribution in [-0.2, 0) is 24.4 Å². The molecule has 0 aromatic heterocycles. The Hall–Kier alpha value is -2.09. The molecular weight excluding hydrogens is 499 g/mol. The maximum Gasteiger partial charge on any atom is 0.222 e. The second-order valence-electron chi connectivity index (χ2n) is 8.02. The zero-order chi connectivity index (χ0) is 21.2. The van der Waals surface area contributed by atoms with Crippen LogP contribution in [0.1, 0.15) is 54.9 Å². The van der Waals surface area contributed by atoms with Crippen LogP contribution in [-0.4, -0.2) is 29.9 Å². The minimum absolute atomic E-state index is 0. The summed E-state index contributed by atoms with van der Waals surface area (Å²) in [6.45, 7) is 8.17. The van der Waals surface area contributed by atoms with Crippen molar-refractivity contribution in [1.29, 1.82) is 0 Å². The van der Waals surface area contributed by atoms with Crippen LogP contribution in [0, 0.1) is 6.92 Å². The quantitative estimate of drug-likeness (QED) is 0.211. The molecule has 168 valence electrons. The summed E-state index contributed by atoms with van der Waals surface area (Å²) in [6, 6.07) is 17.0. The Morgan fingerprint density at radius 3 is 2.32 bits per heavy atom. The van der Waals surface area contributed by atoms with Gasteiger partial charge in [-0.15, -0.1) is 24.0 Å². The van der Waals surface area contributed by atoms with E-state index in [0.29, 0.717) is 19.5 Å². The minimum Gasteiger partial charge on any atom is -0.356 e. The Morgan fingerprint density at radius 2 is 1.68 bits per heavy atom. The molecule has 1 amide bonds. The van der Waals surface area contributed by atoms with E-state index in [1.54, 1.807) is 0 Å². The number of aryl methyl sites for hydroxylation is 1. The predicted molar refractivity (Wildman–Crippen MR) is 139 cm³/mol. The zero-order valence-corrected chi connectivity index (χ0v) is 21.0. The van der Waals surface area contributed by atoms with Crippen molar-refractivity contribution >= 4 is 35.8 Å². The number of amides is 1. The molecule has 2 aromatic carbocycles. The van der Waals surface area contributed by atoms with Gasteiger partial charge in [0.05, 0.1) is 6.54 Å². The molecule has 2 aromatic rings. The predicted octanol–water partition coefficient (Wildman–Crippen LogP) is 4.77. The van der Waals surface area contributed by atoms with Crippen LogP contribution in [0.2, 0.25) is 0 Å². The first-order valence-electron chi connectivity index (χ1n) is 11.1. The number of benzene rings is 2. The zero-order valence-electron chi connectivity index (χ0n) is 18.7. The lowest BCUT2D eigenvalue weighted by atomic mass is 10.1. The molecule has 5 nitrogen and oxygen atoms in total. The largest absolute Gasteiger partial charge is 0.356 e. The van der Waals surface area contributed by atoms with Gasteiger partial charge in [-0.1, -0.05) is 67.4 Å². The molecular formula is C25H35IN4O. The number of guanidine groups is 1. The van der Waals surface area contributed by atoms with E-state index in [-0.39, 0.29) is 29.9 Å². The van der Waals surface area contributed by atoms with Gasteiger partial charge in [0.2, 0.25) is 5.91 Å². The van der Waals surface area contributed by atoms with E-state index in [0.717, 1.165) is 44.9 Å². The molecule has 1 saturated heterocycles. The topological polar surface area (TPSA) is 56.7 Å². The van der Waals surface area contributed by atoms with Crippen LogP contribution in [0.15, 0.2) is 53.5 Å². The normalized spacial score (nSPS) is 13.8. The second kappa shape index (κ2) is 13.3. The first kappa shape index (κ1) is 25.2. The van der Waals surface area contributed by atoms with Crippen LogP contribution in [0.5, 0.6) is 0 Å². The Morgan fingerprint density at radius 1 is 1.00 bits per heavy atom. The van der Waals surface area contributed by atoms with Gasteiger partial charge in [-0.3, -0.25) is 4.79 Å². The molecule has 0 spiro atoms. The third-order valence-corrected chi connectivity index (χ3v) is 5.39. The molecule has 0 aliphatic carbocycles. The Labute approximate surface area is 203 Å². The molecule has 31 heavy (non-hydrogen) atoms. The number of hydrogen-bond acceptors (Lipinski definition) is 2. The van der Waals surface area contributed by atoms with Crippen molar-refractivity contribution in [3.05, 3.63) is 70.8 Å². The summed E-state index contributed by atoms with van der Waals surface area (Å²) < 4.78 is 0. The third kappa shape index (κ3) is 8.51. The number of rotatable bonds is 9. The van der Waals surface area contributed by atoms with Gasteiger partial charge in [0, 0.05) is 32.6 Å². The monoisotopic (exact) mass is 534 g/mol. The van der Waals surface area contributed by atoms with Crippen LogP contribution < -0.4 is 10.6 Å². The molecule has 1 aliphatic rings. The van der Waals surface area contributed by atoms with Crippen LogP contribution in [0.4, 0.5) is 0 Å². The number of halogens is 1. The molecule has 1 heterocycles. The highest BCUT2D eigenvalue weighted by Crippen LogP contribution is 2.15. The fourth-order valence-corrected chi connectivity index (χ4v) is 3.46. The number of nitrogens with one attached hydrogen (secondary N) is 2. The SMILES string of the molecule is CCCCNC(=NCc1ccc(CN2CCCC2=O)cc1)NCc1ccc(C)cc1.I. The molecule has 0 radical (unpaired) electrons. The molecule has 0 saturated carbocycles. The second-order valence-corrected chi connectivity index (χ2v) is 8.02. The maximum absolute atomic E-state index is 11.8. The van der Waals surface area contributed by atoms with Crippen LogP contribution in [0.3, 0.4) is 0 Å². The van der Waals surface area contributed by atoms with Crippen LogP contribution in [0.25, 0.3) is 0 Å². The van der Waals surface area contributed by atoms with E-state index in [2.05, 4.69) is 73.0 Å². The van der Waals surface area contributed by atoms with Gasteiger partial charge in [0.15, 0.2) is 5.96 Å². The Kier molecular flexibility index (Phi) is 10.8. The number of likely N-dealkylation sites (tertiary alicyclic amines) is 1. The molecule has 0 unspecified atom stereocenters. The molecule has 2 N–H and O–H groups in total. The summed E-state index contributed by atoms with van der Waals surface area (Å²) >= 11 is 0. The van der Waals surface area contributed by atoms with Gasteiger partial charge in [-0.2, -0.15) is 0 Å². The van der Waals surface area contributed by atoms with Gasteiger partial charge >= 0.3 is 0 Å². The average molecular weight is 534 g/mol. The van der Waals surface area contributed by atoms with Gasteiger partial charge in [0.25, 0.3) is 0 Å². The summed E-state index contributed by atoms with van der Waals surface area (Å²) in [6.07, 6.45) is 3.94. The lowest BCUT2D eigenvalue weighted by Gasteiger charge is -2.15. The van der Waals surface area contributed by atoms with E-state index in [9.17, 15) is 4.79 Å². The van der Waals surface area contributed by atoms with Gasteiger partial charge < -0.3 is 15.5 Å². The summed E-state index contributed by atoms with van der Waals surface area (Å²) in [7, 11) is 0. The fourth-order valence-electron chi connectivity index (χ4n) is 3.46. The average Bonchev–Trinajstić information content (AvgIpc) is 3.16. The fraction of sp³-hybridized carbons (Fsp3) is 0.440. The van der Waals surface area contributed by atoms with Crippen molar-refractivity contribution in [3.8, 4) is 0 Å². The van der Waals surface area contributed by atoms with E-state index < -0.39 is 0 Å². The molecule has 1 aliphatic heterocycles. The number of nitrogens with zero attached hydrogens (tertiary/aromatic N) is 2. The number of carbonyl (C=O) groups excluding carboxylic acids is 1. The van der Waals surface area contributed by atoms with E-state index >= 15 is 0 Å². The van der Waals surface area contributed by atoms with Crippen molar-refractivity contribution in [2.45, 2.75) is 59.2 Å². The van der Waals surface area contributed by atoms with E-state index in [1.165, 1.54) is 22.3 Å². The van der Waals surface area contributed by atoms with Crippen molar-refractivity contribution in [1.82, 2.24) is 15.5 Å². The number of unbranched alkanes of at least 4 members (excludes halogenated alkanes) is 1. The number of aliphatic imine (C=N–C) groups is 1. The molecule has 0 atom stereocenters. The first-order chi connectivity index (χ1) is 14.6. The van der Waals surface area contributed by atoms with Crippen LogP contribution >= 0.6 is 24.0 Å². The van der Waals surface area contributed by atoms with Gasteiger partial charge in [-0.25, -0.2) is 4.99 Å². The highest BCUT2D eigenvalue weighted by molar-refractivity contribution is 14.0. The first-order valence-corrected chi connectivity index (χ1v) is 11.1. The van der Waals surface area contributed by atoms with Gasteiger partial charge in [-0.05, 0) is 36.5 Å².